The highest BCUT2D eigenvalue weighted by Gasteiger charge is 2.21. The fraction of sp³-hybridized carbons (Fsp3) is 0. The molecule has 45 heavy (non-hydrogen) atoms. The highest BCUT2D eigenvalue weighted by molar-refractivity contribution is 6.26. The molecule has 1 heterocycles. The minimum Gasteiger partial charge on any atom is -0.456 e. The molecule has 0 amide bonds. The SMILES string of the molecule is c1ccc(-c2ccc(-c3ccccc3-c3c4ccccc4c(-c4cccc5oc6ccccc6c45)c4ccccc34)cc2)cc1. The van der Waals surface area contributed by atoms with Crippen molar-refractivity contribution in [2.75, 3.05) is 0 Å². The minimum atomic E-state index is 0.912. The van der Waals surface area contributed by atoms with Gasteiger partial charge in [-0.15, -0.1) is 0 Å². The van der Waals surface area contributed by atoms with E-state index >= 15 is 0 Å². The lowest BCUT2D eigenvalue weighted by Crippen LogP contribution is -1.93. The van der Waals surface area contributed by atoms with Crippen molar-refractivity contribution in [3.8, 4) is 44.5 Å². The maximum atomic E-state index is 6.33. The Morgan fingerprint density at radius 3 is 1.38 bits per heavy atom. The molecule has 0 N–H and O–H groups in total. The van der Waals surface area contributed by atoms with E-state index in [9.17, 15) is 0 Å². The Bertz CT molecular complexity index is 2460. The van der Waals surface area contributed by atoms with Gasteiger partial charge in [-0.05, 0) is 78.2 Å². The minimum absolute atomic E-state index is 0.912. The molecule has 0 saturated carbocycles. The van der Waals surface area contributed by atoms with Crippen LogP contribution in [0.3, 0.4) is 0 Å². The molecule has 0 aliphatic carbocycles. The van der Waals surface area contributed by atoms with E-state index in [0.29, 0.717) is 0 Å². The molecule has 1 nitrogen and oxygen atoms in total. The van der Waals surface area contributed by atoms with Crippen LogP contribution in [-0.2, 0) is 0 Å². The summed E-state index contributed by atoms with van der Waals surface area (Å²) in [5, 5.41) is 7.25. The standard InChI is InChI=1S/C44H28O/c1-2-13-29(14-3-1)30-25-27-31(28-26-30)32-15-4-5-16-33(32)42-34-17-6-8-19-36(34)43(37-20-9-7-18-35(37)42)39-22-12-24-41-44(39)38-21-10-11-23-40(38)45-41/h1-28H. The summed E-state index contributed by atoms with van der Waals surface area (Å²) < 4.78 is 6.33. The van der Waals surface area contributed by atoms with Crippen molar-refractivity contribution in [2.24, 2.45) is 0 Å². The van der Waals surface area contributed by atoms with Crippen molar-refractivity contribution in [3.05, 3.63) is 170 Å². The molecule has 8 aromatic carbocycles. The molecule has 210 valence electrons. The number of furan rings is 1. The second-order valence-corrected chi connectivity index (χ2v) is 11.6. The van der Waals surface area contributed by atoms with Gasteiger partial charge in [0, 0.05) is 10.8 Å². The summed E-state index contributed by atoms with van der Waals surface area (Å²) in [7, 11) is 0. The van der Waals surface area contributed by atoms with Gasteiger partial charge in [0.1, 0.15) is 11.2 Å². The molecule has 0 spiro atoms. The van der Waals surface area contributed by atoms with Crippen molar-refractivity contribution in [2.45, 2.75) is 0 Å². The largest absolute Gasteiger partial charge is 0.456 e. The quantitative estimate of drug-likeness (QED) is 0.191. The summed E-state index contributed by atoms with van der Waals surface area (Å²) in [5.41, 5.74) is 11.6. The summed E-state index contributed by atoms with van der Waals surface area (Å²) in [6.45, 7) is 0. The summed E-state index contributed by atoms with van der Waals surface area (Å²) in [6.07, 6.45) is 0. The van der Waals surface area contributed by atoms with Crippen LogP contribution in [0.1, 0.15) is 0 Å². The van der Waals surface area contributed by atoms with Gasteiger partial charge in [0.05, 0.1) is 0 Å². The third-order valence-corrected chi connectivity index (χ3v) is 9.10. The van der Waals surface area contributed by atoms with Gasteiger partial charge in [-0.25, -0.2) is 0 Å². The van der Waals surface area contributed by atoms with Gasteiger partial charge in [-0.3, -0.25) is 0 Å². The van der Waals surface area contributed by atoms with Gasteiger partial charge in [0.15, 0.2) is 0 Å². The van der Waals surface area contributed by atoms with Gasteiger partial charge in [0.25, 0.3) is 0 Å². The topological polar surface area (TPSA) is 13.1 Å². The Labute approximate surface area is 261 Å². The smallest absolute Gasteiger partial charge is 0.136 e. The fourth-order valence-electron chi connectivity index (χ4n) is 7.12. The Morgan fingerprint density at radius 1 is 0.267 bits per heavy atom. The Kier molecular flexibility index (Phi) is 5.89. The molecule has 0 saturated heterocycles. The predicted octanol–water partition coefficient (Wildman–Crippen LogP) is 12.6. The molecule has 1 heteroatoms. The molecular formula is C44H28O. The second kappa shape index (κ2) is 10.4. The van der Waals surface area contributed by atoms with Gasteiger partial charge in [-0.2, -0.15) is 0 Å². The van der Waals surface area contributed by atoms with E-state index in [0.717, 1.165) is 21.9 Å². The average molecular weight is 573 g/mol. The summed E-state index contributed by atoms with van der Waals surface area (Å²) >= 11 is 0. The molecule has 9 rings (SSSR count). The van der Waals surface area contributed by atoms with Gasteiger partial charge < -0.3 is 4.42 Å². The van der Waals surface area contributed by atoms with Crippen LogP contribution in [0, 0.1) is 0 Å². The van der Waals surface area contributed by atoms with E-state index in [-0.39, 0.29) is 0 Å². The van der Waals surface area contributed by atoms with Crippen LogP contribution in [0.5, 0.6) is 0 Å². The van der Waals surface area contributed by atoms with Crippen molar-refractivity contribution < 1.29 is 4.42 Å². The van der Waals surface area contributed by atoms with Gasteiger partial charge in [-0.1, -0.05) is 158 Å². The van der Waals surface area contributed by atoms with Crippen LogP contribution in [0.15, 0.2) is 174 Å². The first kappa shape index (κ1) is 25.6. The van der Waals surface area contributed by atoms with E-state index in [2.05, 4.69) is 164 Å². The maximum absolute atomic E-state index is 6.33. The first-order valence-corrected chi connectivity index (χ1v) is 15.4. The molecule has 0 unspecified atom stereocenters. The van der Waals surface area contributed by atoms with Crippen LogP contribution in [0.2, 0.25) is 0 Å². The third kappa shape index (κ3) is 4.09. The molecule has 0 fully saturated rings. The molecule has 0 atom stereocenters. The molecule has 0 radical (unpaired) electrons. The van der Waals surface area contributed by atoms with Crippen LogP contribution in [0.25, 0.3) is 88.0 Å². The molecule has 9 aromatic rings. The van der Waals surface area contributed by atoms with Crippen LogP contribution in [0.4, 0.5) is 0 Å². The summed E-state index contributed by atoms with van der Waals surface area (Å²) in [6, 6.07) is 60.9. The van der Waals surface area contributed by atoms with Gasteiger partial charge >= 0.3 is 0 Å². The van der Waals surface area contributed by atoms with Crippen molar-refractivity contribution >= 4 is 43.5 Å². The lowest BCUT2D eigenvalue weighted by molar-refractivity contribution is 0.669. The zero-order valence-corrected chi connectivity index (χ0v) is 24.6. The van der Waals surface area contributed by atoms with Crippen molar-refractivity contribution in [3.63, 3.8) is 0 Å². The molecule has 0 bridgehead atoms. The molecule has 0 aliphatic heterocycles. The first-order valence-electron chi connectivity index (χ1n) is 15.4. The predicted molar refractivity (Wildman–Crippen MR) is 190 cm³/mol. The second-order valence-electron chi connectivity index (χ2n) is 11.6. The van der Waals surface area contributed by atoms with Crippen molar-refractivity contribution in [1.29, 1.82) is 0 Å². The summed E-state index contributed by atoms with van der Waals surface area (Å²) in [5.74, 6) is 0. The zero-order valence-electron chi connectivity index (χ0n) is 24.6. The monoisotopic (exact) mass is 572 g/mol. The van der Waals surface area contributed by atoms with E-state index in [1.807, 2.05) is 6.07 Å². The van der Waals surface area contributed by atoms with Crippen LogP contribution in [-0.4, -0.2) is 0 Å². The number of benzene rings is 8. The first-order chi connectivity index (χ1) is 22.3. The number of para-hydroxylation sites is 1. The molecule has 1 aromatic heterocycles. The number of hydrogen-bond acceptors (Lipinski definition) is 1. The number of hydrogen-bond donors (Lipinski definition) is 0. The lowest BCUT2D eigenvalue weighted by Gasteiger charge is -2.20. The van der Waals surface area contributed by atoms with E-state index in [1.165, 1.54) is 66.1 Å². The highest BCUT2D eigenvalue weighted by Crippen LogP contribution is 2.48. The Hall–Kier alpha value is -5.92. The van der Waals surface area contributed by atoms with Gasteiger partial charge in [0.2, 0.25) is 0 Å². The molecule has 0 aliphatic rings. The van der Waals surface area contributed by atoms with E-state index in [4.69, 9.17) is 4.42 Å². The average Bonchev–Trinajstić information content (AvgIpc) is 3.50. The van der Waals surface area contributed by atoms with Crippen LogP contribution < -0.4 is 0 Å². The number of fused-ring (bicyclic) bond motifs is 5. The Morgan fingerprint density at radius 2 is 0.711 bits per heavy atom. The zero-order chi connectivity index (χ0) is 29.7. The van der Waals surface area contributed by atoms with Crippen LogP contribution >= 0.6 is 0 Å². The maximum Gasteiger partial charge on any atom is 0.136 e. The normalized spacial score (nSPS) is 11.6. The van der Waals surface area contributed by atoms with E-state index in [1.54, 1.807) is 0 Å². The highest BCUT2D eigenvalue weighted by atomic mass is 16.3. The summed E-state index contributed by atoms with van der Waals surface area (Å²) in [4.78, 5) is 0. The molecular weight excluding hydrogens is 544 g/mol. The Balaban J connectivity index is 1.33. The van der Waals surface area contributed by atoms with Crippen molar-refractivity contribution in [1.82, 2.24) is 0 Å². The lowest BCUT2D eigenvalue weighted by atomic mass is 9.83. The number of rotatable bonds is 4. The fourth-order valence-corrected chi connectivity index (χ4v) is 7.12. The van der Waals surface area contributed by atoms with E-state index < -0.39 is 0 Å². The third-order valence-electron chi connectivity index (χ3n) is 9.10.